The van der Waals surface area contributed by atoms with Crippen LogP contribution in [0.3, 0.4) is 0 Å². The average Bonchev–Trinajstić information content (AvgIpc) is 2.52. The van der Waals surface area contributed by atoms with Crippen LogP contribution in [0.5, 0.6) is 0 Å². The zero-order chi connectivity index (χ0) is 18.8. The summed E-state index contributed by atoms with van der Waals surface area (Å²) in [6.45, 7) is 14.9. The summed E-state index contributed by atoms with van der Waals surface area (Å²) in [7, 11) is 0. The van der Waals surface area contributed by atoms with E-state index >= 15 is 0 Å². The van der Waals surface area contributed by atoms with Crippen LogP contribution in [-0.4, -0.2) is 25.2 Å². The van der Waals surface area contributed by atoms with Crippen LogP contribution in [-0.2, 0) is 19.1 Å². The van der Waals surface area contributed by atoms with E-state index in [0.29, 0.717) is 25.6 Å². The molecule has 0 rings (SSSR count). The van der Waals surface area contributed by atoms with E-state index in [1.165, 1.54) is 0 Å². The molecule has 24 heavy (non-hydrogen) atoms. The van der Waals surface area contributed by atoms with Crippen LogP contribution >= 0.6 is 0 Å². The molecule has 0 amide bonds. The highest BCUT2D eigenvalue weighted by atomic mass is 16.5. The quantitative estimate of drug-likeness (QED) is 0.364. The van der Waals surface area contributed by atoms with Crippen molar-refractivity contribution in [2.75, 3.05) is 13.2 Å². The minimum absolute atomic E-state index is 0.123. The van der Waals surface area contributed by atoms with Gasteiger partial charge in [0.1, 0.15) is 0 Å². The van der Waals surface area contributed by atoms with Gasteiger partial charge in [0, 0.05) is 0 Å². The molecule has 0 N–H and O–H groups in total. The predicted molar refractivity (Wildman–Crippen MR) is 97.7 cm³/mol. The molecular formula is C20H38O4. The first kappa shape index (κ1) is 22.9. The van der Waals surface area contributed by atoms with Gasteiger partial charge >= 0.3 is 11.9 Å². The van der Waals surface area contributed by atoms with Crippen molar-refractivity contribution >= 4 is 11.9 Å². The second kappa shape index (κ2) is 10.7. The van der Waals surface area contributed by atoms with Crippen molar-refractivity contribution in [3.05, 3.63) is 0 Å². The Balaban J connectivity index is 4.46. The van der Waals surface area contributed by atoms with Crippen LogP contribution in [0.2, 0.25) is 0 Å². The van der Waals surface area contributed by atoms with Crippen molar-refractivity contribution in [1.29, 1.82) is 0 Å². The molecule has 0 aromatic carbocycles. The lowest BCUT2D eigenvalue weighted by molar-refractivity contribution is -0.157. The van der Waals surface area contributed by atoms with Gasteiger partial charge in [-0.15, -0.1) is 0 Å². The molecule has 0 bridgehead atoms. The fraction of sp³-hybridized carbons (Fsp3) is 0.900. The summed E-state index contributed by atoms with van der Waals surface area (Å²) in [5, 5.41) is 0. The van der Waals surface area contributed by atoms with Crippen molar-refractivity contribution in [2.24, 2.45) is 16.7 Å². The maximum Gasteiger partial charge on any atom is 0.311 e. The molecule has 0 saturated heterocycles. The Hall–Kier alpha value is -1.06. The maximum atomic E-state index is 12.4. The molecule has 0 aromatic heterocycles. The molecule has 4 heteroatoms. The second-order valence-corrected chi connectivity index (χ2v) is 8.13. The highest BCUT2D eigenvalue weighted by Crippen LogP contribution is 2.33. The van der Waals surface area contributed by atoms with Crippen molar-refractivity contribution in [3.63, 3.8) is 0 Å². The molecule has 0 aliphatic rings. The third kappa shape index (κ3) is 8.16. The lowest BCUT2D eigenvalue weighted by atomic mass is 9.79. The predicted octanol–water partition coefficient (Wildman–Crippen LogP) is 5.14. The highest BCUT2D eigenvalue weighted by Gasteiger charge is 2.35. The minimum atomic E-state index is -0.510. The van der Waals surface area contributed by atoms with Gasteiger partial charge in [-0.3, -0.25) is 9.59 Å². The van der Waals surface area contributed by atoms with E-state index in [-0.39, 0.29) is 11.9 Å². The van der Waals surface area contributed by atoms with Crippen molar-refractivity contribution in [3.8, 4) is 0 Å². The topological polar surface area (TPSA) is 52.6 Å². The smallest absolute Gasteiger partial charge is 0.311 e. The standard InChI is InChI=1S/C20H38O4/c1-8-10-14-23-17(21)19(5,6)12-11-13-20(7,9-2)18(22)24-15-16(3)4/h16H,8-15H2,1-7H3. The number of hydrogen-bond acceptors (Lipinski definition) is 4. The summed E-state index contributed by atoms with van der Waals surface area (Å²) in [6, 6.07) is 0. The van der Waals surface area contributed by atoms with E-state index in [1.54, 1.807) is 0 Å². The van der Waals surface area contributed by atoms with Crippen molar-refractivity contribution < 1.29 is 19.1 Å². The zero-order valence-corrected chi connectivity index (χ0v) is 16.9. The maximum absolute atomic E-state index is 12.4. The Labute approximate surface area is 148 Å². The third-order valence-electron chi connectivity index (χ3n) is 4.63. The van der Waals surface area contributed by atoms with E-state index in [9.17, 15) is 9.59 Å². The van der Waals surface area contributed by atoms with Crippen LogP contribution in [0.1, 0.15) is 87.0 Å². The number of esters is 2. The van der Waals surface area contributed by atoms with Gasteiger partial charge in [0.2, 0.25) is 0 Å². The molecule has 0 fully saturated rings. The largest absolute Gasteiger partial charge is 0.465 e. The first-order valence-corrected chi connectivity index (χ1v) is 9.43. The summed E-state index contributed by atoms with van der Waals surface area (Å²) < 4.78 is 10.8. The zero-order valence-electron chi connectivity index (χ0n) is 16.9. The summed E-state index contributed by atoms with van der Waals surface area (Å²) in [5.74, 6) is 0.0745. The molecule has 0 spiro atoms. The highest BCUT2D eigenvalue weighted by molar-refractivity contribution is 5.77. The fourth-order valence-corrected chi connectivity index (χ4v) is 2.37. The number of rotatable bonds is 12. The first-order valence-electron chi connectivity index (χ1n) is 9.43. The van der Waals surface area contributed by atoms with Crippen LogP contribution in [0.15, 0.2) is 0 Å². The van der Waals surface area contributed by atoms with E-state index < -0.39 is 10.8 Å². The van der Waals surface area contributed by atoms with Gasteiger partial charge in [-0.1, -0.05) is 40.5 Å². The number of carbonyl (C=O) groups excluding carboxylic acids is 2. The first-order chi connectivity index (χ1) is 11.1. The Morgan fingerprint density at radius 2 is 1.54 bits per heavy atom. The Kier molecular flexibility index (Phi) is 10.3. The van der Waals surface area contributed by atoms with Crippen molar-refractivity contribution in [2.45, 2.75) is 87.0 Å². The monoisotopic (exact) mass is 342 g/mol. The number of hydrogen-bond donors (Lipinski definition) is 0. The molecular weight excluding hydrogens is 304 g/mol. The molecule has 1 unspecified atom stereocenters. The molecule has 0 radical (unpaired) electrons. The van der Waals surface area contributed by atoms with Crippen LogP contribution in [0.25, 0.3) is 0 Å². The summed E-state index contributed by atoms with van der Waals surface area (Å²) >= 11 is 0. The average molecular weight is 343 g/mol. The van der Waals surface area contributed by atoms with Gasteiger partial charge in [-0.25, -0.2) is 0 Å². The van der Waals surface area contributed by atoms with Gasteiger partial charge in [-0.2, -0.15) is 0 Å². The minimum Gasteiger partial charge on any atom is -0.465 e. The summed E-state index contributed by atoms with van der Waals surface area (Å²) in [5.41, 5.74) is -0.985. The number of carbonyl (C=O) groups is 2. The fourth-order valence-electron chi connectivity index (χ4n) is 2.37. The summed E-state index contributed by atoms with van der Waals surface area (Å²) in [6.07, 6.45) is 4.90. The van der Waals surface area contributed by atoms with Crippen molar-refractivity contribution in [1.82, 2.24) is 0 Å². The van der Waals surface area contributed by atoms with E-state index in [1.807, 2.05) is 41.5 Å². The van der Waals surface area contributed by atoms with Gasteiger partial charge < -0.3 is 9.47 Å². The Morgan fingerprint density at radius 3 is 2.04 bits per heavy atom. The molecule has 142 valence electrons. The second-order valence-electron chi connectivity index (χ2n) is 8.13. The van der Waals surface area contributed by atoms with Gasteiger partial charge in [0.25, 0.3) is 0 Å². The lowest BCUT2D eigenvalue weighted by Crippen LogP contribution is -2.32. The van der Waals surface area contributed by atoms with Gasteiger partial charge in [-0.05, 0) is 52.4 Å². The van der Waals surface area contributed by atoms with Gasteiger partial charge in [0.05, 0.1) is 24.0 Å². The summed E-state index contributed by atoms with van der Waals surface area (Å²) in [4.78, 5) is 24.5. The molecule has 0 saturated carbocycles. The van der Waals surface area contributed by atoms with E-state index in [2.05, 4.69) is 6.92 Å². The molecule has 0 aliphatic heterocycles. The van der Waals surface area contributed by atoms with E-state index in [0.717, 1.165) is 32.1 Å². The molecule has 4 nitrogen and oxygen atoms in total. The number of unbranched alkanes of at least 4 members (excludes halogenated alkanes) is 1. The van der Waals surface area contributed by atoms with Gasteiger partial charge in [0.15, 0.2) is 0 Å². The lowest BCUT2D eigenvalue weighted by Gasteiger charge is -2.28. The normalized spacial score (nSPS) is 14.3. The molecule has 1 atom stereocenters. The van der Waals surface area contributed by atoms with Crippen LogP contribution in [0.4, 0.5) is 0 Å². The Bertz CT molecular complexity index is 387. The van der Waals surface area contributed by atoms with Crippen LogP contribution < -0.4 is 0 Å². The number of ether oxygens (including phenoxy) is 2. The molecule has 0 heterocycles. The third-order valence-corrected chi connectivity index (χ3v) is 4.63. The van der Waals surface area contributed by atoms with Crippen LogP contribution in [0, 0.1) is 16.7 Å². The molecule has 0 aliphatic carbocycles. The van der Waals surface area contributed by atoms with E-state index in [4.69, 9.17) is 9.47 Å². The Morgan fingerprint density at radius 1 is 0.917 bits per heavy atom. The SMILES string of the molecule is CCCCOC(=O)C(C)(C)CCCC(C)(CC)C(=O)OCC(C)C. The molecule has 0 aromatic rings.